The van der Waals surface area contributed by atoms with Gasteiger partial charge in [0.15, 0.2) is 0 Å². The van der Waals surface area contributed by atoms with Gasteiger partial charge in [0.25, 0.3) is 0 Å². The molecule has 0 aliphatic rings. The van der Waals surface area contributed by atoms with Gasteiger partial charge in [-0.2, -0.15) is 0 Å². The zero-order valence-electron chi connectivity index (χ0n) is 44.2. The fourth-order valence-corrected chi connectivity index (χ4v) is 8.61. The Morgan fingerprint density at radius 1 is 0.522 bits per heavy atom. The third kappa shape index (κ3) is 49.0. The third-order valence-electron chi connectivity index (χ3n) is 12.3. The first-order valence-corrected chi connectivity index (χ1v) is 29.2. The van der Waals surface area contributed by atoms with E-state index in [9.17, 15) is 24.5 Å². The van der Waals surface area contributed by atoms with Crippen LogP contribution in [0.2, 0.25) is 0 Å². The Labute approximate surface area is 414 Å². The number of carbonyl (C=O) groups excluding carboxylic acids is 1. The van der Waals surface area contributed by atoms with Crippen LogP contribution in [-0.2, 0) is 18.4 Å². The molecule has 0 aromatic carbocycles. The van der Waals surface area contributed by atoms with E-state index < -0.39 is 32.7 Å². The SMILES string of the molecule is CCCCC/C=C/CC/C=C/CCCC(O)C(O)C(COP(=O)(O)OCC[N+](C)(C)C)NC(=O)CCCCCCCCCCCCCCCCCC/C=C\C/C=C\C/C=C\CCCCCCC. The van der Waals surface area contributed by atoms with E-state index in [1.54, 1.807) is 0 Å². The van der Waals surface area contributed by atoms with Gasteiger partial charge < -0.3 is 24.9 Å². The highest BCUT2D eigenvalue weighted by Crippen LogP contribution is 2.43. The molecule has 67 heavy (non-hydrogen) atoms. The van der Waals surface area contributed by atoms with Crippen molar-refractivity contribution in [3.8, 4) is 0 Å². The van der Waals surface area contributed by atoms with Crippen LogP contribution >= 0.6 is 7.82 Å². The largest absolute Gasteiger partial charge is 0.472 e. The third-order valence-corrected chi connectivity index (χ3v) is 13.3. The van der Waals surface area contributed by atoms with Crippen molar-refractivity contribution < 1.29 is 38.0 Å². The number of unbranched alkanes of at least 4 members (excludes halogenated alkanes) is 26. The van der Waals surface area contributed by atoms with E-state index in [0.29, 0.717) is 23.9 Å². The highest BCUT2D eigenvalue weighted by Gasteiger charge is 2.31. The molecule has 392 valence electrons. The number of amides is 1. The lowest BCUT2D eigenvalue weighted by atomic mass is 10.0. The number of hydrogen-bond donors (Lipinski definition) is 4. The number of quaternary nitrogens is 1. The van der Waals surface area contributed by atoms with E-state index in [-0.39, 0.29) is 18.9 Å². The second kappa shape index (κ2) is 47.8. The molecular formula is C57H108N2O7P+. The van der Waals surface area contributed by atoms with E-state index >= 15 is 0 Å². The topological polar surface area (TPSA) is 125 Å². The Bertz CT molecular complexity index is 1290. The van der Waals surface area contributed by atoms with Gasteiger partial charge >= 0.3 is 7.82 Å². The van der Waals surface area contributed by atoms with Gasteiger partial charge in [0.1, 0.15) is 19.3 Å². The summed E-state index contributed by atoms with van der Waals surface area (Å²) in [5.41, 5.74) is 0. The molecule has 0 aliphatic heterocycles. The molecule has 0 rings (SSSR count). The van der Waals surface area contributed by atoms with Gasteiger partial charge in [0.05, 0.1) is 39.9 Å². The van der Waals surface area contributed by atoms with Crippen molar-refractivity contribution in [2.45, 2.75) is 257 Å². The van der Waals surface area contributed by atoms with Crippen molar-refractivity contribution in [3.63, 3.8) is 0 Å². The van der Waals surface area contributed by atoms with E-state index in [4.69, 9.17) is 9.05 Å². The smallest absolute Gasteiger partial charge is 0.390 e. The molecule has 0 radical (unpaired) electrons. The second-order valence-corrected chi connectivity index (χ2v) is 21.5. The molecular weight excluding hydrogens is 856 g/mol. The molecule has 0 heterocycles. The van der Waals surface area contributed by atoms with Crippen LogP contribution in [0.15, 0.2) is 60.8 Å². The van der Waals surface area contributed by atoms with Gasteiger partial charge in [0.2, 0.25) is 5.91 Å². The molecule has 0 saturated heterocycles. The average molecular weight is 964 g/mol. The van der Waals surface area contributed by atoms with Crippen LogP contribution in [0.25, 0.3) is 0 Å². The summed E-state index contributed by atoms with van der Waals surface area (Å²) in [5, 5.41) is 24.7. The number of nitrogens with one attached hydrogen (secondary N) is 1. The van der Waals surface area contributed by atoms with Crippen molar-refractivity contribution in [3.05, 3.63) is 60.8 Å². The van der Waals surface area contributed by atoms with Crippen molar-refractivity contribution in [2.24, 2.45) is 0 Å². The fraction of sp³-hybridized carbons (Fsp3) is 0.807. The maximum absolute atomic E-state index is 13.0. The van der Waals surface area contributed by atoms with Gasteiger partial charge in [-0.15, -0.1) is 0 Å². The van der Waals surface area contributed by atoms with Gasteiger partial charge in [-0.05, 0) is 89.9 Å². The van der Waals surface area contributed by atoms with Crippen LogP contribution in [0, 0.1) is 0 Å². The average Bonchev–Trinajstić information content (AvgIpc) is 3.29. The summed E-state index contributed by atoms with van der Waals surface area (Å²) >= 11 is 0. The number of carbonyl (C=O) groups is 1. The summed E-state index contributed by atoms with van der Waals surface area (Å²) in [7, 11) is 1.41. The summed E-state index contributed by atoms with van der Waals surface area (Å²) in [5.74, 6) is -0.273. The summed E-state index contributed by atoms with van der Waals surface area (Å²) in [6.07, 6.45) is 60.3. The maximum Gasteiger partial charge on any atom is 0.472 e. The van der Waals surface area contributed by atoms with Crippen LogP contribution in [0.1, 0.15) is 239 Å². The van der Waals surface area contributed by atoms with E-state index in [1.165, 1.54) is 141 Å². The Morgan fingerprint density at radius 3 is 1.37 bits per heavy atom. The fourth-order valence-electron chi connectivity index (χ4n) is 7.87. The molecule has 0 aromatic rings. The lowest BCUT2D eigenvalue weighted by molar-refractivity contribution is -0.870. The predicted octanol–water partition coefficient (Wildman–Crippen LogP) is 15.5. The van der Waals surface area contributed by atoms with Gasteiger partial charge in [-0.25, -0.2) is 4.57 Å². The summed E-state index contributed by atoms with van der Waals surface area (Å²) in [6.45, 7) is 4.54. The number of likely N-dealkylation sites (N-methyl/N-ethyl adjacent to an activating group) is 1. The molecule has 0 saturated carbocycles. The lowest BCUT2D eigenvalue weighted by Gasteiger charge is -2.28. The standard InChI is InChI=1S/C57H107N2O7P/c1-6-8-10-12-14-16-18-20-21-22-23-24-25-26-27-28-29-30-31-32-33-34-35-36-37-38-40-42-44-46-48-50-56(61)58-54(53-66-67(63,64)65-52-51-59(3,4)5)57(62)55(60)49-47-45-43-41-39-19-17-15-13-11-9-7-2/h15,17-18,20,22-23,25-26,41,43,54-55,57,60,62H,6-14,16,19,21,24,27-40,42,44-53H2,1-5H3,(H-,58,61,63,64)/p+1/b17-15+,20-18-,23-22-,26-25-,43-41+. The number of allylic oxidation sites excluding steroid dienone is 10. The first kappa shape index (κ1) is 65.2. The Balaban J connectivity index is 4.17. The van der Waals surface area contributed by atoms with Crippen LogP contribution in [0.3, 0.4) is 0 Å². The van der Waals surface area contributed by atoms with Crippen molar-refractivity contribution in [2.75, 3.05) is 40.9 Å². The van der Waals surface area contributed by atoms with Crippen LogP contribution < -0.4 is 5.32 Å². The number of aliphatic hydroxyl groups is 2. The van der Waals surface area contributed by atoms with Crippen molar-refractivity contribution in [1.29, 1.82) is 0 Å². The molecule has 10 heteroatoms. The van der Waals surface area contributed by atoms with Crippen molar-refractivity contribution >= 4 is 13.7 Å². The normalized spacial score (nSPS) is 14.9. The molecule has 0 fully saturated rings. The number of rotatable bonds is 50. The zero-order valence-corrected chi connectivity index (χ0v) is 45.1. The molecule has 1 amide bonds. The molecule has 0 aliphatic carbocycles. The Kier molecular flexibility index (Phi) is 46.5. The van der Waals surface area contributed by atoms with E-state index in [1.807, 2.05) is 21.1 Å². The summed E-state index contributed by atoms with van der Waals surface area (Å²) in [6, 6.07) is -1.06. The van der Waals surface area contributed by atoms with Crippen LogP contribution in [-0.4, -0.2) is 84.6 Å². The molecule has 9 nitrogen and oxygen atoms in total. The molecule has 4 N–H and O–H groups in total. The summed E-state index contributed by atoms with van der Waals surface area (Å²) < 4.78 is 23.6. The van der Waals surface area contributed by atoms with Gasteiger partial charge in [-0.1, -0.05) is 203 Å². The Hall–Kier alpha value is -1.84. The zero-order chi connectivity index (χ0) is 49.4. The molecule has 0 aromatic heterocycles. The minimum absolute atomic E-state index is 0.0125. The number of nitrogens with zero attached hydrogens (tertiary/aromatic N) is 1. The monoisotopic (exact) mass is 964 g/mol. The minimum Gasteiger partial charge on any atom is -0.390 e. The molecule has 4 atom stereocenters. The molecule has 4 unspecified atom stereocenters. The quantitative estimate of drug-likeness (QED) is 0.0207. The van der Waals surface area contributed by atoms with E-state index in [2.05, 4.69) is 79.9 Å². The summed E-state index contributed by atoms with van der Waals surface area (Å²) in [4.78, 5) is 23.3. The highest BCUT2D eigenvalue weighted by molar-refractivity contribution is 7.47. The number of phosphoric ester groups is 1. The lowest BCUT2D eigenvalue weighted by Crippen LogP contribution is -2.51. The first-order valence-electron chi connectivity index (χ1n) is 27.7. The number of aliphatic hydroxyl groups excluding tert-OH is 2. The van der Waals surface area contributed by atoms with Crippen molar-refractivity contribution in [1.82, 2.24) is 5.32 Å². The Morgan fingerprint density at radius 2 is 0.896 bits per heavy atom. The van der Waals surface area contributed by atoms with Crippen LogP contribution in [0.5, 0.6) is 0 Å². The number of hydrogen-bond acceptors (Lipinski definition) is 6. The van der Waals surface area contributed by atoms with Gasteiger partial charge in [-0.3, -0.25) is 13.8 Å². The molecule has 0 spiro atoms. The highest BCUT2D eigenvalue weighted by atomic mass is 31.2. The van der Waals surface area contributed by atoms with Crippen LogP contribution in [0.4, 0.5) is 0 Å². The minimum atomic E-state index is -4.43. The molecule has 0 bridgehead atoms. The van der Waals surface area contributed by atoms with E-state index in [0.717, 1.165) is 64.2 Å². The first-order chi connectivity index (χ1) is 32.4. The second-order valence-electron chi connectivity index (χ2n) is 20.1. The number of phosphoric acid groups is 1. The predicted molar refractivity (Wildman–Crippen MR) is 287 cm³/mol. The maximum atomic E-state index is 13.0. The van der Waals surface area contributed by atoms with Gasteiger partial charge in [0, 0.05) is 6.42 Å².